The number of benzene rings is 2. The lowest BCUT2D eigenvalue weighted by Crippen LogP contribution is -2.50. The molecule has 1 aromatic heterocycles. The number of fused-ring (bicyclic) bond motifs is 5. The first-order chi connectivity index (χ1) is 13.2. The number of thiocarbonyl (C=S) groups is 1. The number of hydrogen-bond acceptors (Lipinski definition) is 2. The summed E-state index contributed by atoms with van der Waals surface area (Å²) < 4.78 is 1.96. The minimum atomic E-state index is 0.118. The highest BCUT2D eigenvalue weighted by atomic mass is 32.1. The lowest BCUT2D eigenvalue weighted by molar-refractivity contribution is 0.180. The number of rotatable bonds is 1. The summed E-state index contributed by atoms with van der Waals surface area (Å²) in [4.78, 5) is 14.5. The molecule has 4 nitrogen and oxygen atoms in total. The molecule has 0 unspecified atom stereocenters. The second-order valence-corrected chi connectivity index (χ2v) is 7.95. The van der Waals surface area contributed by atoms with Gasteiger partial charge in [0, 0.05) is 48.4 Å². The van der Waals surface area contributed by atoms with Crippen molar-refractivity contribution >= 4 is 33.8 Å². The molecule has 1 N–H and O–H groups in total. The molecule has 0 spiro atoms. The van der Waals surface area contributed by atoms with Gasteiger partial charge in [0.15, 0.2) is 5.11 Å². The van der Waals surface area contributed by atoms with E-state index in [2.05, 4.69) is 58.7 Å². The van der Waals surface area contributed by atoms with Crippen molar-refractivity contribution in [1.29, 1.82) is 0 Å². The number of piperidine rings is 1. The average molecular weight is 375 g/mol. The molecule has 2 aliphatic heterocycles. The van der Waals surface area contributed by atoms with Crippen molar-refractivity contribution < 1.29 is 0 Å². The molecular weight excluding hydrogens is 354 g/mol. The van der Waals surface area contributed by atoms with Crippen molar-refractivity contribution in [1.82, 2.24) is 9.47 Å². The van der Waals surface area contributed by atoms with E-state index in [0.717, 1.165) is 42.5 Å². The van der Waals surface area contributed by atoms with Crippen LogP contribution < -0.4 is 10.9 Å². The fourth-order valence-electron chi connectivity index (χ4n) is 4.59. The molecule has 3 aromatic rings. The van der Waals surface area contributed by atoms with Gasteiger partial charge in [-0.15, -0.1) is 0 Å². The van der Waals surface area contributed by atoms with Crippen LogP contribution >= 0.6 is 12.2 Å². The predicted molar refractivity (Wildman–Crippen MR) is 113 cm³/mol. The van der Waals surface area contributed by atoms with Gasteiger partial charge < -0.3 is 14.8 Å². The van der Waals surface area contributed by atoms with Gasteiger partial charge >= 0.3 is 0 Å². The predicted octanol–water partition coefficient (Wildman–Crippen LogP) is 3.82. The zero-order chi connectivity index (χ0) is 18.4. The number of pyridine rings is 1. The lowest BCUT2D eigenvalue weighted by Gasteiger charge is -2.43. The van der Waals surface area contributed by atoms with E-state index in [0.29, 0.717) is 11.8 Å². The van der Waals surface area contributed by atoms with Crippen LogP contribution in [0.3, 0.4) is 0 Å². The Kier molecular flexibility index (Phi) is 3.97. The van der Waals surface area contributed by atoms with Crippen molar-refractivity contribution in [3.63, 3.8) is 0 Å². The molecule has 0 saturated carbocycles. The van der Waals surface area contributed by atoms with E-state index in [-0.39, 0.29) is 5.56 Å². The second kappa shape index (κ2) is 6.50. The molecule has 5 rings (SSSR count). The van der Waals surface area contributed by atoms with Crippen LogP contribution in [0.4, 0.5) is 5.69 Å². The first-order valence-electron chi connectivity index (χ1n) is 9.42. The van der Waals surface area contributed by atoms with Crippen molar-refractivity contribution in [2.24, 2.45) is 5.92 Å². The van der Waals surface area contributed by atoms with Gasteiger partial charge in [-0.25, -0.2) is 0 Å². The molecule has 2 aliphatic rings. The summed E-state index contributed by atoms with van der Waals surface area (Å²) in [5.74, 6) is 0.822. The molecule has 1 saturated heterocycles. The van der Waals surface area contributed by atoms with Gasteiger partial charge in [0.1, 0.15) is 0 Å². The maximum absolute atomic E-state index is 12.2. The Balaban J connectivity index is 1.40. The third-order valence-electron chi connectivity index (χ3n) is 5.80. The Morgan fingerprint density at radius 2 is 1.78 bits per heavy atom. The van der Waals surface area contributed by atoms with Gasteiger partial charge in [0.25, 0.3) is 5.56 Å². The van der Waals surface area contributed by atoms with Crippen LogP contribution in [0.1, 0.15) is 18.0 Å². The van der Waals surface area contributed by atoms with Crippen LogP contribution in [-0.4, -0.2) is 27.7 Å². The van der Waals surface area contributed by atoms with Crippen molar-refractivity contribution in [2.75, 3.05) is 18.4 Å². The van der Waals surface area contributed by atoms with Crippen molar-refractivity contribution in [3.05, 3.63) is 76.7 Å². The standard InChI is InChI=1S/C22H21N3OS/c26-21-10-4-9-20-17-11-15(13-25(20)21)12-24(14-17)22(27)23-19-8-3-6-16-5-1-2-7-18(16)19/h1-10,15,17H,11-14H2,(H,23,27)/t15-,17-/m1/s1. The Morgan fingerprint density at radius 1 is 0.963 bits per heavy atom. The number of likely N-dealkylation sites (tertiary alicyclic amines) is 1. The first kappa shape index (κ1) is 16.5. The SMILES string of the molecule is O=c1cccc2n1C[C@@H]1C[C@@H]2CN(C(=S)Nc2cccc3ccccc23)C1. The van der Waals surface area contributed by atoms with E-state index >= 15 is 0 Å². The Labute approximate surface area is 163 Å². The molecule has 0 amide bonds. The summed E-state index contributed by atoms with van der Waals surface area (Å²) in [7, 11) is 0. The van der Waals surface area contributed by atoms with Crippen LogP contribution in [0.2, 0.25) is 0 Å². The summed E-state index contributed by atoms with van der Waals surface area (Å²) in [6, 6.07) is 20.2. The van der Waals surface area contributed by atoms with E-state index in [1.54, 1.807) is 6.07 Å². The number of anilines is 1. The number of hydrogen-bond donors (Lipinski definition) is 1. The number of nitrogens with one attached hydrogen (secondary N) is 1. The minimum absolute atomic E-state index is 0.118. The van der Waals surface area contributed by atoms with Gasteiger partial charge in [0.2, 0.25) is 0 Å². The fourth-order valence-corrected chi connectivity index (χ4v) is 4.85. The fraction of sp³-hybridized carbons (Fsp3) is 0.273. The van der Waals surface area contributed by atoms with Crippen LogP contribution in [0.25, 0.3) is 10.8 Å². The molecular formula is C22H21N3OS. The zero-order valence-corrected chi connectivity index (χ0v) is 15.8. The van der Waals surface area contributed by atoms with Crippen molar-refractivity contribution in [2.45, 2.75) is 18.9 Å². The molecule has 2 atom stereocenters. The molecule has 3 heterocycles. The van der Waals surface area contributed by atoms with E-state index in [1.165, 1.54) is 10.8 Å². The largest absolute Gasteiger partial charge is 0.348 e. The highest BCUT2D eigenvalue weighted by molar-refractivity contribution is 7.80. The maximum Gasteiger partial charge on any atom is 0.250 e. The Bertz CT molecular complexity index is 1080. The third kappa shape index (κ3) is 2.92. The number of nitrogens with zero attached hydrogens (tertiary/aromatic N) is 2. The average Bonchev–Trinajstić information content (AvgIpc) is 2.69. The summed E-state index contributed by atoms with van der Waals surface area (Å²) in [6.07, 6.45) is 1.14. The molecule has 1 fully saturated rings. The third-order valence-corrected chi connectivity index (χ3v) is 6.16. The summed E-state index contributed by atoms with van der Waals surface area (Å²) >= 11 is 5.77. The second-order valence-electron chi connectivity index (χ2n) is 7.56. The smallest absolute Gasteiger partial charge is 0.250 e. The molecule has 136 valence electrons. The van der Waals surface area contributed by atoms with Gasteiger partial charge in [-0.2, -0.15) is 0 Å². The lowest BCUT2D eigenvalue weighted by atomic mass is 9.83. The molecule has 2 bridgehead atoms. The van der Waals surface area contributed by atoms with Crippen LogP contribution in [0.5, 0.6) is 0 Å². The summed E-state index contributed by atoms with van der Waals surface area (Å²) in [6.45, 7) is 2.54. The normalized spacial score (nSPS) is 21.0. The zero-order valence-electron chi connectivity index (χ0n) is 15.0. The van der Waals surface area contributed by atoms with Crippen LogP contribution in [-0.2, 0) is 6.54 Å². The Hall–Kier alpha value is -2.66. The molecule has 0 radical (unpaired) electrons. The molecule has 0 aliphatic carbocycles. The van der Waals surface area contributed by atoms with Gasteiger partial charge in [-0.1, -0.05) is 42.5 Å². The van der Waals surface area contributed by atoms with E-state index < -0.39 is 0 Å². The van der Waals surface area contributed by atoms with Crippen LogP contribution in [0.15, 0.2) is 65.5 Å². The highest BCUT2D eigenvalue weighted by Crippen LogP contribution is 2.35. The minimum Gasteiger partial charge on any atom is -0.348 e. The van der Waals surface area contributed by atoms with Crippen molar-refractivity contribution in [3.8, 4) is 0 Å². The Morgan fingerprint density at radius 3 is 2.70 bits per heavy atom. The topological polar surface area (TPSA) is 37.3 Å². The van der Waals surface area contributed by atoms with Crippen LogP contribution in [0, 0.1) is 5.92 Å². The molecule has 2 aromatic carbocycles. The quantitative estimate of drug-likeness (QED) is 0.656. The van der Waals surface area contributed by atoms with E-state index in [9.17, 15) is 4.79 Å². The summed E-state index contributed by atoms with van der Waals surface area (Å²) in [5, 5.41) is 6.62. The van der Waals surface area contributed by atoms with E-state index in [4.69, 9.17) is 12.2 Å². The monoisotopic (exact) mass is 375 g/mol. The highest BCUT2D eigenvalue weighted by Gasteiger charge is 2.35. The molecule has 5 heteroatoms. The number of aromatic nitrogens is 1. The van der Waals surface area contributed by atoms with Gasteiger partial charge in [-0.3, -0.25) is 4.79 Å². The summed E-state index contributed by atoms with van der Waals surface area (Å²) in [5.41, 5.74) is 2.31. The molecule has 27 heavy (non-hydrogen) atoms. The maximum atomic E-state index is 12.2. The van der Waals surface area contributed by atoms with Gasteiger partial charge in [0.05, 0.1) is 0 Å². The first-order valence-corrected chi connectivity index (χ1v) is 9.83. The van der Waals surface area contributed by atoms with Gasteiger partial charge in [-0.05, 0) is 42.1 Å². The van der Waals surface area contributed by atoms with E-state index in [1.807, 2.05) is 10.6 Å².